The van der Waals surface area contributed by atoms with Gasteiger partial charge in [0.15, 0.2) is 0 Å². The Morgan fingerprint density at radius 2 is 1.76 bits per heavy atom. The molecule has 0 radical (unpaired) electrons. The summed E-state index contributed by atoms with van der Waals surface area (Å²) in [5.41, 5.74) is 1.74. The van der Waals surface area contributed by atoms with E-state index in [2.05, 4.69) is 6.07 Å². The van der Waals surface area contributed by atoms with Crippen molar-refractivity contribution in [2.45, 2.75) is 25.8 Å². The number of ether oxygens (including phenoxy) is 1. The van der Waals surface area contributed by atoms with E-state index in [-0.39, 0.29) is 11.5 Å². The standard InChI is InChI=1S/C23H22N2O4/c1-23(2)13-17-15-6-4-3-5-14(15)7-8-16(17)19-18(20(26)22(28)25(19)23)21(27)24-9-11-29-12-10-24/h3-8H,9-13H2,1-2H3. The molecule has 1 saturated heterocycles. The average molecular weight is 390 g/mol. The van der Waals surface area contributed by atoms with Gasteiger partial charge in [-0.2, -0.15) is 0 Å². The summed E-state index contributed by atoms with van der Waals surface area (Å²) in [5, 5.41) is 2.20. The molecular formula is C23H22N2O4. The number of Topliss-reactive ketones (excluding diaryl/α,β-unsaturated/α-hetero) is 1. The van der Waals surface area contributed by atoms with Gasteiger partial charge in [-0.25, -0.2) is 0 Å². The maximum absolute atomic E-state index is 13.3. The smallest absolute Gasteiger partial charge is 0.300 e. The molecule has 0 aromatic heterocycles. The van der Waals surface area contributed by atoms with Gasteiger partial charge in [0.1, 0.15) is 5.57 Å². The molecule has 6 heteroatoms. The lowest BCUT2D eigenvalue weighted by Gasteiger charge is -2.42. The van der Waals surface area contributed by atoms with Crippen molar-refractivity contribution >= 4 is 34.1 Å². The first-order valence-electron chi connectivity index (χ1n) is 9.91. The number of carbonyl (C=O) groups excluding carboxylic acids is 3. The van der Waals surface area contributed by atoms with Crippen molar-refractivity contribution in [1.29, 1.82) is 0 Å². The number of hydrogen-bond donors (Lipinski definition) is 0. The second kappa shape index (κ2) is 6.26. The molecular weight excluding hydrogens is 368 g/mol. The van der Waals surface area contributed by atoms with E-state index < -0.39 is 17.2 Å². The molecule has 5 rings (SSSR count). The Bertz CT molecular complexity index is 1110. The molecule has 3 aliphatic heterocycles. The van der Waals surface area contributed by atoms with Crippen molar-refractivity contribution < 1.29 is 19.1 Å². The first-order chi connectivity index (χ1) is 13.9. The van der Waals surface area contributed by atoms with Crippen molar-refractivity contribution in [3.05, 3.63) is 53.1 Å². The third-order valence-corrected chi connectivity index (χ3v) is 6.11. The SMILES string of the molecule is CC1(C)Cc2c(ccc3ccccc23)C2=C(C(=O)N3CCOCC3)C(=O)C(=O)N21. The number of amides is 2. The third-order valence-electron chi connectivity index (χ3n) is 6.11. The summed E-state index contributed by atoms with van der Waals surface area (Å²) in [6.07, 6.45) is 0.616. The van der Waals surface area contributed by atoms with Crippen LogP contribution in [-0.2, 0) is 25.5 Å². The highest BCUT2D eigenvalue weighted by molar-refractivity contribution is 6.55. The first-order valence-corrected chi connectivity index (χ1v) is 9.91. The fourth-order valence-corrected chi connectivity index (χ4v) is 4.74. The number of rotatable bonds is 1. The van der Waals surface area contributed by atoms with Gasteiger partial charge in [-0.15, -0.1) is 0 Å². The summed E-state index contributed by atoms with van der Waals surface area (Å²) in [7, 11) is 0. The van der Waals surface area contributed by atoms with Crippen LogP contribution in [0.4, 0.5) is 0 Å². The molecule has 1 fully saturated rings. The lowest BCUT2D eigenvalue weighted by atomic mass is 9.81. The maximum Gasteiger partial charge on any atom is 0.300 e. The van der Waals surface area contributed by atoms with Crippen LogP contribution in [0.25, 0.3) is 16.5 Å². The summed E-state index contributed by atoms with van der Waals surface area (Å²) >= 11 is 0. The fourth-order valence-electron chi connectivity index (χ4n) is 4.74. The number of carbonyl (C=O) groups is 3. The average Bonchev–Trinajstić information content (AvgIpc) is 3.00. The van der Waals surface area contributed by atoms with Crippen LogP contribution in [0.1, 0.15) is 25.0 Å². The monoisotopic (exact) mass is 390 g/mol. The number of ketones is 1. The lowest BCUT2D eigenvalue weighted by Crippen LogP contribution is -2.49. The Labute approximate surface area is 168 Å². The van der Waals surface area contributed by atoms with Crippen molar-refractivity contribution in [3.8, 4) is 0 Å². The van der Waals surface area contributed by atoms with E-state index in [9.17, 15) is 14.4 Å². The Morgan fingerprint density at radius 1 is 1.03 bits per heavy atom. The van der Waals surface area contributed by atoms with E-state index in [1.54, 1.807) is 9.80 Å². The minimum atomic E-state index is -0.703. The molecule has 0 saturated carbocycles. The normalized spacial score (nSPS) is 20.9. The molecule has 0 N–H and O–H groups in total. The molecule has 0 bridgehead atoms. The number of fused-ring (bicyclic) bond motifs is 5. The zero-order valence-electron chi connectivity index (χ0n) is 16.5. The summed E-state index contributed by atoms with van der Waals surface area (Å²) in [6, 6.07) is 12.0. The van der Waals surface area contributed by atoms with Crippen molar-refractivity contribution in [2.75, 3.05) is 26.3 Å². The third kappa shape index (κ3) is 2.55. The van der Waals surface area contributed by atoms with Crippen molar-refractivity contribution in [2.24, 2.45) is 0 Å². The predicted molar refractivity (Wildman–Crippen MR) is 108 cm³/mol. The van der Waals surface area contributed by atoms with Crippen LogP contribution in [0.2, 0.25) is 0 Å². The van der Waals surface area contributed by atoms with E-state index in [4.69, 9.17) is 4.74 Å². The lowest BCUT2D eigenvalue weighted by molar-refractivity contribution is -0.143. The molecule has 3 aliphatic rings. The second-order valence-electron chi connectivity index (χ2n) is 8.40. The predicted octanol–water partition coefficient (Wildman–Crippen LogP) is 2.16. The maximum atomic E-state index is 13.3. The molecule has 2 aromatic rings. The van der Waals surface area contributed by atoms with Gasteiger partial charge in [0.25, 0.3) is 17.6 Å². The van der Waals surface area contributed by atoms with Gasteiger partial charge in [-0.3, -0.25) is 19.3 Å². The van der Waals surface area contributed by atoms with E-state index >= 15 is 0 Å². The fraction of sp³-hybridized carbons (Fsp3) is 0.348. The molecule has 3 heterocycles. The Kier molecular flexibility index (Phi) is 3.90. The quantitative estimate of drug-likeness (QED) is 0.553. The summed E-state index contributed by atoms with van der Waals surface area (Å²) in [5.74, 6) is -1.69. The van der Waals surface area contributed by atoms with Gasteiger partial charge >= 0.3 is 0 Å². The van der Waals surface area contributed by atoms with Gasteiger partial charge in [0, 0.05) is 24.2 Å². The zero-order chi connectivity index (χ0) is 20.3. The van der Waals surface area contributed by atoms with Crippen LogP contribution in [-0.4, -0.2) is 59.2 Å². The molecule has 0 unspecified atom stereocenters. The summed E-state index contributed by atoms with van der Waals surface area (Å²) < 4.78 is 5.33. The Morgan fingerprint density at radius 3 is 2.52 bits per heavy atom. The minimum absolute atomic E-state index is 0.00112. The highest BCUT2D eigenvalue weighted by Gasteiger charge is 2.52. The number of morpholine rings is 1. The largest absolute Gasteiger partial charge is 0.378 e. The molecule has 0 aliphatic carbocycles. The van der Waals surface area contributed by atoms with Crippen LogP contribution in [0, 0.1) is 0 Å². The van der Waals surface area contributed by atoms with E-state index in [1.807, 2.05) is 44.2 Å². The molecule has 148 valence electrons. The first kappa shape index (κ1) is 18.1. The molecule has 6 nitrogen and oxygen atoms in total. The number of benzene rings is 2. The van der Waals surface area contributed by atoms with E-state index in [0.717, 1.165) is 21.9 Å². The van der Waals surface area contributed by atoms with Gasteiger partial charge in [0.2, 0.25) is 0 Å². The van der Waals surface area contributed by atoms with Crippen molar-refractivity contribution in [1.82, 2.24) is 9.80 Å². The van der Waals surface area contributed by atoms with Crippen LogP contribution >= 0.6 is 0 Å². The van der Waals surface area contributed by atoms with E-state index in [0.29, 0.717) is 38.4 Å². The van der Waals surface area contributed by atoms with Gasteiger partial charge in [0.05, 0.1) is 18.9 Å². The van der Waals surface area contributed by atoms with Gasteiger partial charge < -0.3 is 9.64 Å². The summed E-state index contributed by atoms with van der Waals surface area (Å²) in [4.78, 5) is 42.4. The molecule has 0 spiro atoms. The highest BCUT2D eigenvalue weighted by Crippen LogP contribution is 2.46. The topological polar surface area (TPSA) is 66.9 Å². The number of hydrogen-bond acceptors (Lipinski definition) is 4. The highest BCUT2D eigenvalue weighted by atomic mass is 16.5. The van der Waals surface area contributed by atoms with Crippen molar-refractivity contribution in [3.63, 3.8) is 0 Å². The van der Waals surface area contributed by atoms with Crippen LogP contribution in [0.15, 0.2) is 42.0 Å². The van der Waals surface area contributed by atoms with Gasteiger partial charge in [-0.05, 0) is 36.6 Å². The van der Waals surface area contributed by atoms with E-state index in [1.165, 1.54) is 0 Å². The number of nitrogens with zero attached hydrogens (tertiary/aromatic N) is 2. The van der Waals surface area contributed by atoms with Crippen LogP contribution in [0.5, 0.6) is 0 Å². The Hall–Kier alpha value is -2.99. The molecule has 29 heavy (non-hydrogen) atoms. The molecule has 0 atom stereocenters. The van der Waals surface area contributed by atoms with Crippen LogP contribution < -0.4 is 0 Å². The second-order valence-corrected chi connectivity index (χ2v) is 8.40. The van der Waals surface area contributed by atoms with Crippen LogP contribution in [0.3, 0.4) is 0 Å². The molecule has 2 aromatic carbocycles. The zero-order valence-corrected chi connectivity index (χ0v) is 16.5. The van der Waals surface area contributed by atoms with Gasteiger partial charge in [-0.1, -0.05) is 36.4 Å². The minimum Gasteiger partial charge on any atom is -0.378 e. The Balaban J connectivity index is 1.77. The molecule has 2 amide bonds. The summed E-state index contributed by atoms with van der Waals surface area (Å²) in [6.45, 7) is 5.62.